The normalized spacial score (nSPS) is 15.2. The lowest BCUT2D eigenvalue weighted by molar-refractivity contribution is 0.0934. The molecule has 3 rings (SSSR count). The van der Waals surface area contributed by atoms with E-state index in [1.54, 1.807) is 6.07 Å². The van der Waals surface area contributed by atoms with Crippen LogP contribution in [0.15, 0.2) is 57.9 Å². The lowest BCUT2D eigenvalue weighted by atomic mass is 10.0. The standard InChI is InChI=1S/C22H28BrN3O3S/c1-3-26(4-2)21(16-8-6-5-7-9-16)15-24-22(27)19-14-18(12-13-20(19)23)30(28,29)25-17-10-11-17/h5-9,12-14,17,21,25H,3-4,10-11,15H2,1-2H3,(H,24,27). The predicted molar refractivity (Wildman–Crippen MR) is 122 cm³/mol. The summed E-state index contributed by atoms with van der Waals surface area (Å²) in [5.41, 5.74) is 1.44. The van der Waals surface area contributed by atoms with E-state index in [0.29, 0.717) is 16.6 Å². The SMILES string of the molecule is CCN(CC)C(CNC(=O)c1cc(S(=O)(=O)NC2CC2)ccc1Br)c1ccccc1. The van der Waals surface area contributed by atoms with Crippen LogP contribution in [0.2, 0.25) is 0 Å². The Hall–Kier alpha value is -1.74. The van der Waals surface area contributed by atoms with Crippen LogP contribution in [0.1, 0.15) is 48.7 Å². The number of likely N-dealkylation sites (N-methyl/N-ethyl adjacent to an activating group) is 1. The summed E-state index contributed by atoms with van der Waals surface area (Å²) in [5.74, 6) is -0.307. The van der Waals surface area contributed by atoms with E-state index in [-0.39, 0.29) is 22.9 Å². The molecule has 2 aromatic rings. The van der Waals surface area contributed by atoms with E-state index < -0.39 is 10.0 Å². The third-order valence-corrected chi connectivity index (χ3v) is 7.50. The summed E-state index contributed by atoms with van der Waals surface area (Å²) in [6.07, 6.45) is 1.71. The Kier molecular flexibility index (Phi) is 7.68. The molecule has 8 heteroatoms. The molecule has 0 bridgehead atoms. The monoisotopic (exact) mass is 493 g/mol. The van der Waals surface area contributed by atoms with Gasteiger partial charge in [0.15, 0.2) is 0 Å². The van der Waals surface area contributed by atoms with Crippen molar-refractivity contribution < 1.29 is 13.2 Å². The van der Waals surface area contributed by atoms with Crippen molar-refractivity contribution in [1.82, 2.24) is 14.9 Å². The summed E-state index contributed by atoms with van der Waals surface area (Å²) in [5, 5.41) is 2.99. The number of hydrogen-bond acceptors (Lipinski definition) is 4. The van der Waals surface area contributed by atoms with Gasteiger partial charge in [-0.3, -0.25) is 9.69 Å². The van der Waals surface area contributed by atoms with Crippen LogP contribution in [0.4, 0.5) is 0 Å². The average molecular weight is 494 g/mol. The fourth-order valence-corrected chi connectivity index (χ4v) is 5.17. The van der Waals surface area contributed by atoms with Gasteiger partial charge in [0.05, 0.1) is 16.5 Å². The molecule has 1 fully saturated rings. The number of nitrogens with zero attached hydrogens (tertiary/aromatic N) is 1. The second-order valence-corrected chi connectivity index (χ2v) is 9.96. The highest BCUT2D eigenvalue weighted by Gasteiger charge is 2.29. The zero-order chi connectivity index (χ0) is 21.7. The molecule has 2 aromatic carbocycles. The molecule has 1 atom stereocenters. The molecule has 6 nitrogen and oxygen atoms in total. The quantitative estimate of drug-likeness (QED) is 0.528. The highest BCUT2D eigenvalue weighted by Crippen LogP contribution is 2.25. The Balaban J connectivity index is 1.78. The maximum absolute atomic E-state index is 12.9. The molecule has 1 amide bonds. The zero-order valence-electron chi connectivity index (χ0n) is 17.3. The van der Waals surface area contributed by atoms with Gasteiger partial charge < -0.3 is 5.32 Å². The second kappa shape index (κ2) is 10.0. The average Bonchev–Trinajstić information content (AvgIpc) is 3.55. The third kappa shape index (κ3) is 5.69. The van der Waals surface area contributed by atoms with E-state index >= 15 is 0 Å². The van der Waals surface area contributed by atoms with Gasteiger partial charge in [-0.15, -0.1) is 0 Å². The Bertz CT molecular complexity index is 974. The maximum atomic E-state index is 12.9. The first kappa shape index (κ1) is 22.9. The number of amides is 1. The van der Waals surface area contributed by atoms with Crippen molar-refractivity contribution >= 4 is 31.9 Å². The van der Waals surface area contributed by atoms with Gasteiger partial charge >= 0.3 is 0 Å². The minimum absolute atomic E-state index is 0.0108. The van der Waals surface area contributed by atoms with Crippen molar-refractivity contribution in [2.75, 3.05) is 19.6 Å². The maximum Gasteiger partial charge on any atom is 0.252 e. The van der Waals surface area contributed by atoms with Crippen LogP contribution in [0.5, 0.6) is 0 Å². The lowest BCUT2D eigenvalue weighted by Gasteiger charge is -2.30. The van der Waals surface area contributed by atoms with E-state index in [0.717, 1.165) is 31.5 Å². The largest absolute Gasteiger partial charge is 0.350 e. The molecule has 0 heterocycles. The van der Waals surface area contributed by atoms with Gasteiger partial charge in [0.2, 0.25) is 10.0 Å². The van der Waals surface area contributed by atoms with E-state index in [4.69, 9.17) is 0 Å². The molecule has 1 aliphatic rings. The minimum Gasteiger partial charge on any atom is -0.350 e. The number of carbonyl (C=O) groups is 1. The first-order chi connectivity index (χ1) is 14.4. The van der Waals surface area contributed by atoms with Crippen molar-refractivity contribution in [2.45, 2.75) is 43.7 Å². The molecule has 1 saturated carbocycles. The van der Waals surface area contributed by atoms with Crippen molar-refractivity contribution in [1.29, 1.82) is 0 Å². The topological polar surface area (TPSA) is 78.5 Å². The van der Waals surface area contributed by atoms with Crippen molar-refractivity contribution in [3.63, 3.8) is 0 Å². The van der Waals surface area contributed by atoms with E-state index in [1.807, 2.05) is 18.2 Å². The first-order valence-electron chi connectivity index (χ1n) is 10.2. The zero-order valence-corrected chi connectivity index (χ0v) is 19.7. The lowest BCUT2D eigenvalue weighted by Crippen LogP contribution is -2.38. The Morgan fingerprint density at radius 2 is 1.80 bits per heavy atom. The first-order valence-corrected chi connectivity index (χ1v) is 12.5. The molecule has 30 heavy (non-hydrogen) atoms. The molecule has 0 aliphatic heterocycles. The summed E-state index contributed by atoms with van der Waals surface area (Å²) in [7, 11) is -3.62. The summed E-state index contributed by atoms with van der Waals surface area (Å²) < 4.78 is 28.3. The van der Waals surface area contributed by atoms with Crippen LogP contribution in [0.3, 0.4) is 0 Å². The van der Waals surface area contributed by atoms with Gasteiger partial charge in [-0.05, 0) is 65.6 Å². The predicted octanol–water partition coefficient (Wildman–Crippen LogP) is 3.70. The molecule has 162 valence electrons. The number of nitrogens with one attached hydrogen (secondary N) is 2. The van der Waals surface area contributed by atoms with Gasteiger partial charge in [-0.1, -0.05) is 44.2 Å². The number of benzene rings is 2. The molecular formula is C22H28BrN3O3S. The number of carbonyl (C=O) groups excluding carboxylic acids is 1. The summed E-state index contributed by atoms with van der Waals surface area (Å²) in [6.45, 7) is 6.33. The van der Waals surface area contributed by atoms with Gasteiger partial charge in [-0.25, -0.2) is 13.1 Å². The molecule has 1 unspecified atom stereocenters. The number of rotatable bonds is 10. The number of hydrogen-bond donors (Lipinski definition) is 2. The minimum atomic E-state index is -3.62. The highest BCUT2D eigenvalue weighted by atomic mass is 79.9. The van der Waals surface area contributed by atoms with Crippen LogP contribution in [0, 0.1) is 0 Å². The van der Waals surface area contributed by atoms with Crippen LogP contribution >= 0.6 is 15.9 Å². The second-order valence-electron chi connectivity index (χ2n) is 7.39. The van der Waals surface area contributed by atoms with Gasteiger partial charge in [0.1, 0.15) is 0 Å². The van der Waals surface area contributed by atoms with Crippen molar-refractivity contribution in [3.05, 3.63) is 64.1 Å². The van der Waals surface area contributed by atoms with E-state index in [9.17, 15) is 13.2 Å². The highest BCUT2D eigenvalue weighted by molar-refractivity contribution is 9.10. The number of halogens is 1. The molecule has 0 saturated heterocycles. The molecule has 0 radical (unpaired) electrons. The molecule has 0 aromatic heterocycles. The summed E-state index contributed by atoms with van der Waals surface area (Å²) in [6, 6.07) is 14.7. The van der Waals surface area contributed by atoms with Crippen LogP contribution in [-0.4, -0.2) is 44.9 Å². The summed E-state index contributed by atoms with van der Waals surface area (Å²) in [4.78, 5) is 15.3. The van der Waals surface area contributed by atoms with Gasteiger partial charge in [0, 0.05) is 17.1 Å². The number of sulfonamides is 1. The van der Waals surface area contributed by atoms with E-state index in [1.165, 1.54) is 12.1 Å². The fourth-order valence-electron chi connectivity index (χ4n) is 3.42. The van der Waals surface area contributed by atoms with Crippen LogP contribution in [-0.2, 0) is 10.0 Å². The van der Waals surface area contributed by atoms with Gasteiger partial charge in [0.25, 0.3) is 5.91 Å². The molecule has 0 spiro atoms. The van der Waals surface area contributed by atoms with Crippen LogP contribution in [0.25, 0.3) is 0 Å². The fraction of sp³-hybridized carbons (Fsp3) is 0.409. The Morgan fingerprint density at radius 3 is 2.40 bits per heavy atom. The molecular weight excluding hydrogens is 466 g/mol. The molecule has 1 aliphatic carbocycles. The van der Waals surface area contributed by atoms with Crippen LogP contribution < -0.4 is 10.0 Å². The summed E-state index contributed by atoms with van der Waals surface area (Å²) >= 11 is 3.38. The van der Waals surface area contributed by atoms with Crippen molar-refractivity contribution in [3.8, 4) is 0 Å². The third-order valence-electron chi connectivity index (χ3n) is 5.29. The van der Waals surface area contributed by atoms with Crippen molar-refractivity contribution in [2.24, 2.45) is 0 Å². The Morgan fingerprint density at radius 1 is 1.13 bits per heavy atom. The van der Waals surface area contributed by atoms with E-state index in [2.05, 4.69) is 56.8 Å². The smallest absolute Gasteiger partial charge is 0.252 e. The Labute approximate surface area is 187 Å². The van der Waals surface area contributed by atoms with Gasteiger partial charge in [-0.2, -0.15) is 0 Å². The molecule has 2 N–H and O–H groups in total.